The quantitative estimate of drug-likeness (QED) is 0.660. The van der Waals surface area contributed by atoms with Crippen molar-refractivity contribution in [1.29, 1.82) is 0 Å². The van der Waals surface area contributed by atoms with Crippen LogP contribution in [-0.2, 0) is 9.59 Å². The molecule has 6 nitrogen and oxygen atoms in total. The zero-order chi connectivity index (χ0) is 21.2. The van der Waals surface area contributed by atoms with E-state index in [0.29, 0.717) is 0 Å². The Labute approximate surface area is 175 Å². The lowest BCUT2D eigenvalue weighted by Crippen LogP contribution is -2.43. The summed E-state index contributed by atoms with van der Waals surface area (Å²) in [5, 5.41) is 19.2. The summed E-state index contributed by atoms with van der Waals surface area (Å²) in [6, 6.07) is 15.5. The molecule has 3 N–H and O–H groups in total. The van der Waals surface area contributed by atoms with Crippen LogP contribution in [0.4, 0.5) is 5.69 Å². The Kier molecular flexibility index (Phi) is 9.02. The van der Waals surface area contributed by atoms with Crippen LogP contribution < -0.4 is 10.2 Å². The smallest absolute Gasteiger partial charge is 0.303 e. The molecule has 1 saturated heterocycles. The molecular weight excluding hydrogens is 388 g/mol. The largest absolute Gasteiger partial charge is 0.481 e. The molecule has 1 aliphatic rings. The van der Waals surface area contributed by atoms with Crippen LogP contribution in [0.25, 0.3) is 0 Å². The van der Waals surface area contributed by atoms with Gasteiger partial charge < -0.3 is 20.4 Å². The molecule has 0 amide bonds. The SMILES string of the molecule is Cc1ccc(Sc2ccccc2N2CCNCC2)c(C)c1.O=C(O)CCC(=O)O. The molecule has 0 saturated carbocycles. The monoisotopic (exact) mass is 416 g/mol. The van der Waals surface area contributed by atoms with Gasteiger partial charge >= 0.3 is 11.9 Å². The summed E-state index contributed by atoms with van der Waals surface area (Å²) < 4.78 is 0. The van der Waals surface area contributed by atoms with Gasteiger partial charge in [-0.05, 0) is 37.6 Å². The van der Waals surface area contributed by atoms with Crippen LogP contribution in [0.3, 0.4) is 0 Å². The molecule has 156 valence electrons. The van der Waals surface area contributed by atoms with Crippen LogP contribution >= 0.6 is 11.8 Å². The highest BCUT2D eigenvalue weighted by Crippen LogP contribution is 2.37. The van der Waals surface area contributed by atoms with Crippen molar-refractivity contribution in [3.63, 3.8) is 0 Å². The van der Waals surface area contributed by atoms with Crippen LogP contribution in [0.2, 0.25) is 0 Å². The first-order chi connectivity index (χ1) is 13.9. The molecule has 1 fully saturated rings. The third-order valence-corrected chi connectivity index (χ3v) is 5.67. The van der Waals surface area contributed by atoms with E-state index in [2.05, 4.69) is 66.5 Å². The van der Waals surface area contributed by atoms with Crippen LogP contribution in [0, 0.1) is 13.8 Å². The number of rotatable bonds is 6. The molecule has 2 aromatic rings. The first-order valence-electron chi connectivity index (χ1n) is 9.60. The van der Waals surface area contributed by atoms with Crippen molar-refractivity contribution in [2.75, 3.05) is 31.1 Å². The maximum Gasteiger partial charge on any atom is 0.303 e. The minimum absolute atomic E-state index is 0.296. The van der Waals surface area contributed by atoms with Gasteiger partial charge in [-0.3, -0.25) is 9.59 Å². The van der Waals surface area contributed by atoms with E-state index in [1.165, 1.54) is 26.6 Å². The summed E-state index contributed by atoms with van der Waals surface area (Å²) in [7, 11) is 0. The molecule has 0 unspecified atom stereocenters. The number of carboxylic acids is 2. The van der Waals surface area contributed by atoms with Gasteiger partial charge in [-0.25, -0.2) is 0 Å². The van der Waals surface area contributed by atoms with E-state index in [1.54, 1.807) is 0 Å². The lowest BCUT2D eigenvalue weighted by Gasteiger charge is -2.31. The number of nitrogens with zero attached hydrogens (tertiary/aromatic N) is 1. The number of hydrogen-bond donors (Lipinski definition) is 3. The number of benzene rings is 2. The van der Waals surface area contributed by atoms with Crippen molar-refractivity contribution in [2.45, 2.75) is 36.5 Å². The van der Waals surface area contributed by atoms with Gasteiger partial charge in [0, 0.05) is 36.0 Å². The van der Waals surface area contributed by atoms with Gasteiger partial charge in [-0.1, -0.05) is 41.6 Å². The number of aliphatic carboxylic acids is 2. The van der Waals surface area contributed by atoms with E-state index in [9.17, 15) is 9.59 Å². The highest BCUT2D eigenvalue weighted by Gasteiger charge is 2.14. The summed E-state index contributed by atoms with van der Waals surface area (Å²) in [6.07, 6.45) is -0.593. The average molecular weight is 417 g/mol. The summed E-state index contributed by atoms with van der Waals surface area (Å²) >= 11 is 1.88. The second kappa shape index (κ2) is 11.5. The minimum atomic E-state index is -1.08. The number of carboxylic acid groups (broad SMARTS) is 2. The molecule has 29 heavy (non-hydrogen) atoms. The van der Waals surface area contributed by atoms with E-state index in [0.717, 1.165) is 26.2 Å². The molecule has 0 atom stereocenters. The Morgan fingerprint density at radius 2 is 1.59 bits per heavy atom. The Morgan fingerprint density at radius 1 is 0.966 bits per heavy atom. The van der Waals surface area contributed by atoms with Gasteiger partial charge in [0.2, 0.25) is 0 Å². The van der Waals surface area contributed by atoms with Gasteiger partial charge in [-0.2, -0.15) is 0 Å². The molecule has 2 aromatic carbocycles. The predicted molar refractivity (Wildman–Crippen MR) is 116 cm³/mol. The van der Waals surface area contributed by atoms with Crippen molar-refractivity contribution in [3.8, 4) is 0 Å². The zero-order valence-electron chi connectivity index (χ0n) is 16.9. The molecule has 0 aromatic heterocycles. The maximum absolute atomic E-state index is 9.64. The predicted octanol–water partition coefficient (Wildman–Crippen LogP) is 3.80. The van der Waals surface area contributed by atoms with Crippen LogP contribution in [0.15, 0.2) is 52.3 Å². The third-order valence-electron chi connectivity index (χ3n) is 4.43. The summed E-state index contributed by atoms with van der Waals surface area (Å²) in [5.74, 6) is -2.15. The molecule has 1 heterocycles. The number of para-hydroxylation sites is 1. The van der Waals surface area contributed by atoms with E-state index in [4.69, 9.17) is 10.2 Å². The highest BCUT2D eigenvalue weighted by molar-refractivity contribution is 7.99. The first-order valence-corrected chi connectivity index (χ1v) is 10.4. The fourth-order valence-corrected chi connectivity index (χ4v) is 4.00. The van der Waals surface area contributed by atoms with Crippen molar-refractivity contribution in [1.82, 2.24) is 5.32 Å². The third kappa shape index (κ3) is 7.79. The van der Waals surface area contributed by atoms with Crippen molar-refractivity contribution in [3.05, 3.63) is 53.6 Å². The van der Waals surface area contributed by atoms with Gasteiger partial charge in [0.05, 0.1) is 18.5 Å². The lowest BCUT2D eigenvalue weighted by molar-refractivity contribution is -0.143. The number of nitrogens with one attached hydrogen (secondary N) is 1. The summed E-state index contributed by atoms with van der Waals surface area (Å²) in [5.41, 5.74) is 4.05. The molecule has 0 radical (unpaired) electrons. The summed E-state index contributed by atoms with van der Waals surface area (Å²) in [6.45, 7) is 8.67. The van der Waals surface area contributed by atoms with Crippen LogP contribution in [0.5, 0.6) is 0 Å². The Balaban J connectivity index is 0.000000321. The molecular formula is C22H28N2O4S. The minimum Gasteiger partial charge on any atom is -0.481 e. The second-order valence-corrected chi connectivity index (χ2v) is 7.95. The Bertz CT molecular complexity index is 821. The molecule has 7 heteroatoms. The number of hydrogen-bond acceptors (Lipinski definition) is 5. The topological polar surface area (TPSA) is 89.9 Å². The number of piperazine rings is 1. The Hall–Kier alpha value is -2.51. The van der Waals surface area contributed by atoms with E-state index in [-0.39, 0.29) is 12.8 Å². The molecule has 3 rings (SSSR count). The van der Waals surface area contributed by atoms with Crippen molar-refractivity contribution in [2.24, 2.45) is 0 Å². The molecule has 0 aliphatic carbocycles. The fourth-order valence-electron chi connectivity index (χ4n) is 2.96. The molecule has 0 bridgehead atoms. The van der Waals surface area contributed by atoms with E-state index >= 15 is 0 Å². The molecule has 1 aliphatic heterocycles. The van der Waals surface area contributed by atoms with Gasteiger partial charge in [-0.15, -0.1) is 0 Å². The number of carbonyl (C=O) groups is 2. The van der Waals surface area contributed by atoms with Crippen molar-refractivity contribution < 1.29 is 19.8 Å². The van der Waals surface area contributed by atoms with Crippen molar-refractivity contribution >= 4 is 29.4 Å². The fraction of sp³-hybridized carbons (Fsp3) is 0.364. The number of anilines is 1. The standard InChI is InChI=1S/C18H22N2S.C4H6O4/c1-14-7-8-17(15(2)13-14)21-18-6-4-3-5-16(18)20-11-9-19-10-12-20;5-3(6)1-2-4(7)8/h3-8,13,19H,9-12H2,1-2H3;1-2H2,(H,5,6)(H,7,8). The number of aryl methyl sites for hydroxylation is 2. The highest BCUT2D eigenvalue weighted by atomic mass is 32.2. The summed E-state index contributed by atoms with van der Waals surface area (Å²) in [4.78, 5) is 24.5. The lowest BCUT2D eigenvalue weighted by atomic mass is 10.2. The van der Waals surface area contributed by atoms with Crippen LogP contribution in [-0.4, -0.2) is 48.3 Å². The van der Waals surface area contributed by atoms with E-state index in [1.807, 2.05) is 11.8 Å². The van der Waals surface area contributed by atoms with Crippen LogP contribution in [0.1, 0.15) is 24.0 Å². The maximum atomic E-state index is 9.64. The average Bonchev–Trinajstić information content (AvgIpc) is 2.70. The second-order valence-electron chi connectivity index (χ2n) is 6.86. The molecule has 0 spiro atoms. The normalized spacial score (nSPS) is 13.4. The van der Waals surface area contributed by atoms with Gasteiger partial charge in [0.25, 0.3) is 0 Å². The van der Waals surface area contributed by atoms with Gasteiger partial charge in [0.1, 0.15) is 0 Å². The zero-order valence-corrected chi connectivity index (χ0v) is 17.7. The van der Waals surface area contributed by atoms with Gasteiger partial charge in [0.15, 0.2) is 0 Å². The Morgan fingerprint density at radius 3 is 2.17 bits per heavy atom. The first kappa shape index (κ1) is 22.8. The van der Waals surface area contributed by atoms with E-state index < -0.39 is 11.9 Å².